The van der Waals surface area contributed by atoms with E-state index >= 15 is 0 Å². The van der Waals surface area contributed by atoms with Gasteiger partial charge in [-0.1, -0.05) is 27.7 Å². The average molecular weight is 445 g/mol. The van der Waals surface area contributed by atoms with Crippen molar-refractivity contribution in [1.82, 2.24) is 20.0 Å². The van der Waals surface area contributed by atoms with E-state index in [9.17, 15) is 9.70 Å². The Bertz CT molecular complexity index is 1240. The molecule has 3 aliphatic heterocycles. The molecule has 11 heteroatoms. The summed E-state index contributed by atoms with van der Waals surface area (Å²) in [5, 5.41) is 14.7. The van der Waals surface area contributed by atoms with Crippen molar-refractivity contribution in [2.45, 2.75) is 37.6 Å². The summed E-state index contributed by atoms with van der Waals surface area (Å²) >= 11 is 0. The Hall–Kier alpha value is -4.15. The zero-order chi connectivity index (χ0) is 22.4. The van der Waals surface area contributed by atoms with E-state index in [1.165, 1.54) is 0 Å². The van der Waals surface area contributed by atoms with Gasteiger partial charge < -0.3 is 9.57 Å². The Balaban J connectivity index is 1.20. The van der Waals surface area contributed by atoms with Crippen molar-refractivity contribution in [1.29, 1.82) is 0 Å². The van der Waals surface area contributed by atoms with Crippen molar-refractivity contribution in [3.05, 3.63) is 65.1 Å². The van der Waals surface area contributed by atoms with E-state index in [0.717, 1.165) is 22.4 Å². The monoisotopic (exact) mass is 445 g/mol. The molecule has 2 aromatic heterocycles. The maximum Gasteiger partial charge on any atom is 0.415 e. The third-order valence-electron chi connectivity index (χ3n) is 6.22. The number of aromatic nitrogens is 4. The van der Waals surface area contributed by atoms with E-state index in [2.05, 4.69) is 31.7 Å². The van der Waals surface area contributed by atoms with Crippen LogP contribution in [0.1, 0.15) is 17.7 Å². The number of cyclic esters (lactones) is 1. The molecular formula is C22H19N7O4. The van der Waals surface area contributed by atoms with Crippen LogP contribution >= 0.6 is 0 Å². The maximum atomic E-state index is 12.5. The largest absolute Gasteiger partial charge is 0.442 e. The van der Waals surface area contributed by atoms with E-state index in [1.54, 1.807) is 28.2 Å². The summed E-state index contributed by atoms with van der Waals surface area (Å²) in [6.45, 7) is 0.544. The highest BCUT2D eigenvalue weighted by molar-refractivity contribution is 6.00. The number of carbonyl (C=O) groups is 1. The van der Waals surface area contributed by atoms with Gasteiger partial charge in [0.05, 0.1) is 30.2 Å². The fourth-order valence-corrected chi connectivity index (χ4v) is 4.62. The molecule has 3 aliphatic rings. The zero-order valence-corrected chi connectivity index (χ0v) is 17.4. The number of fused-ring (bicyclic) bond motifs is 3. The Kier molecular flexibility index (Phi) is 4.60. The van der Waals surface area contributed by atoms with E-state index in [-0.39, 0.29) is 30.9 Å². The molecule has 0 aliphatic carbocycles. The molecule has 0 spiro atoms. The molecule has 0 saturated carbocycles. The van der Waals surface area contributed by atoms with Crippen LogP contribution in [-0.2, 0) is 22.5 Å². The average Bonchev–Trinajstić information content (AvgIpc) is 3.61. The topological polar surface area (TPSA) is 124 Å². The molecule has 0 N–H and O–H groups in total. The van der Waals surface area contributed by atoms with Gasteiger partial charge in [-0.05, 0) is 35.7 Å². The Labute approximate surface area is 188 Å². The lowest BCUT2D eigenvalue weighted by Gasteiger charge is -2.16. The third-order valence-corrected chi connectivity index (χ3v) is 6.22. The molecule has 1 unspecified atom stereocenters. The second-order valence-corrected chi connectivity index (χ2v) is 8.25. The van der Waals surface area contributed by atoms with Gasteiger partial charge in [-0.25, -0.2) is 9.48 Å². The first-order chi connectivity index (χ1) is 16.2. The van der Waals surface area contributed by atoms with Gasteiger partial charge in [0, 0.05) is 24.4 Å². The van der Waals surface area contributed by atoms with Crippen LogP contribution in [0.4, 0.5) is 10.5 Å². The van der Waals surface area contributed by atoms with Crippen LogP contribution in [0.2, 0.25) is 0 Å². The number of benzene rings is 1. The Morgan fingerprint density at radius 1 is 1.15 bits per heavy atom. The van der Waals surface area contributed by atoms with Gasteiger partial charge in [0.2, 0.25) is 0 Å². The van der Waals surface area contributed by atoms with Crippen LogP contribution in [0.5, 0.6) is 0 Å². The SMILES string of the molecule is O=NCC1CC(c2ccc(-c3ccc4c(c3)C[C@H]3[C@H](Cn5ccnn5)OC(=O)N43)cn2)=NO1. The molecule has 166 valence electrons. The molecule has 0 radical (unpaired) electrons. The van der Waals surface area contributed by atoms with Crippen LogP contribution in [0.3, 0.4) is 0 Å². The second kappa shape index (κ2) is 7.76. The van der Waals surface area contributed by atoms with Crippen LogP contribution in [0.15, 0.2) is 59.3 Å². The van der Waals surface area contributed by atoms with Crippen LogP contribution in [0.25, 0.3) is 11.1 Å². The van der Waals surface area contributed by atoms with Gasteiger partial charge in [-0.3, -0.25) is 9.88 Å². The minimum Gasteiger partial charge on any atom is -0.442 e. The molecule has 1 fully saturated rings. The molecule has 3 atom stereocenters. The molecule has 0 bridgehead atoms. The second-order valence-electron chi connectivity index (χ2n) is 8.25. The van der Waals surface area contributed by atoms with Gasteiger partial charge in [-0.15, -0.1) is 5.10 Å². The highest BCUT2D eigenvalue weighted by Gasteiger charge is 2.47. The third kappa shape index (κ3) is 3.41. The highest BCUT2D eigenvalue weighted by Crippen LogP contribution is 2.40. The van der Waals surface area contributed by atoms with Gasteiger partial charge in [0.15, 0.2) is 6.10 Å². The standard InChI is InChI=1S/C22H19N7O4/c30-22-29-19-4-2-13(7-15(19)8-20(29)21(32-22)12-28-6-5-24-27-28)14-1-3-17(23-10-14)18-9-16(11-25-31)33-26-18/h1-7,10,16,20-21H,8-9,11-12H2/t16?,20-,21-/m0/s1. The molecule has 3 aromatic rings. The number of nitroso groups, excluding NO2 is 1. The van der Waals surface area contributed by atoms with Crippen molar-refractivity contribution < 1.29 is 14.4 Å². The first-order valence-electron chi connectivity index (χ1n) is 10.6. The van der Waals surface area contributed by atoms with E-state index in [1.807, 2.05) is 24.3 Å². The van der Waals surface area contributed by atoms with Crippen molar-refractivity contribution in [2.24, 2.45) is 10.3 Å². The van der Waals surface area contributed by atoms with Gasteiger partial charge in [0.25, 0.3) is 0 Å². The number of nitrogens with zero attached hydrogens (tertiary/aromatic N) is 7. The summed E-state index contributed by atoms with van der Waals surface area (Å²) in [7, 11) is 0. The normalized spacial score (nSPS) is 23.0. The first-order valence-corrected chi connectivity index (χ1v) is 10.6. The van der Waals surface area contributed by atoms with Crippen LogP contribution < -0.4 is 4.90 Å². The van der Waals surface area contributed by atoms with Crippen LogP contribution in [0, 0.1) is 4.91 Å². The van der Waals surface area contributed by atoms with E-state index in [0.29, 0.717) is 30.8 Å². The fraction of sp³-hybridized carbons (Fsp3) is 0.318. The Morgan fingerprint density at radius 3 is 2.85 bits per heavy atom. The van der Waals surface area contributed by atoms with E-state index in [4.69, 9.17) is 9.57 Å². The number of hydrogen-bond acceptors (Lipinski definition) is 9. The van der Waals surface area contributed by atoms with Crippen molar-refractivity contribution in [3.63, 3.8) is 0 Å². The lowest BCUT2D eigenvalue weighted by molar-refractivity contribution is 0.0920. The summed E-state index contributed by atoms with van der Waals surface area (Å²) in [5.74, 6) is 0. The van der Waals surface area contributed by atoms with E-state index < -0.39 is 0 Å². The first kappa shape index (κ1) is 19.5. The van der Waals surface area contributed by atoms with Crippen molar-refractivity contribution in [3.8, 4) is 11.1 Å². The van der Waals surface area contributed by atoms with Crippen molar-refractivity contribution >= 4 is 17.5 Å². The molecule has 1 saturated heterocycles. The number of oxime groups is 1. The maximum absolute atomic E-state index is 12.5. The van der Waals surface area contributed by atoms with Crippen LogP contribution in [-0.4, -0.2) is 56.6 Å². The Morgan fingerprint density at radius 2 is 2.06 bits per heavy atom. The fourth-order valence-electron chi connectivity index (χ4n) is 4.62. The number of hydrogen-bond donors (Lipinski definition) is 0. The lowest BCUT2D eigenvalue weighted by Crippen LogP contribution is -2.35. The molecule has 33 heavy (non-hydrogen) atoms. The molecule has 11 nitrogen and oxygen atoms in total. The lowest BCUT2D eigenvalue weighted by atomic mass is 10.00. The van der Waals surface area contributed by atoms with Gasteiger partial charge in [0.1, 0.15) is 18.4 Å². The molecule has 1 amide bonds. The highest BCUT2D eigenvalue weighted by atomic mass is 16.6. The van der Waals surface area contributed by atoms with Gasteiger partial charge >= 0.3 is 6.09 Å². The minimum absolute atomic E-state index is 0.0679. The molecular weight excluding hydrogens is 426 g/mol. The summed E-state index contributed by atoms with van der Waals surface area (Å²) in [6.07, 6.45) is 5.45. The minimum atomic E-state index is -0.328. The molecule has 6 rings (SSSR count). The summed E-state index contributed by atoms with van der Waals surface area (Å²) < 4.78 is 7.28. The van der Waals surface area contributed by atoms with Crippen molar-refractivity contribution in [2.75, 3.05) is 11.4 Å². The molecule has 5 heterocycles. The number of rotatable bonds is 6. The number of pyridine rings is 1. The zero-order valence-electron chi connectivity index (χ0n) is 17.4. The molecule has 1 aromatic carbocycles. The summed E-state index contributed by atoms with van der Waals surface area (Å²) in [6, 6.07) is 9.86. The predicted octanol–water partition coefficient (Wildman–Crippen LogP) is 2.55. The van der Waals surface area contributed by atoms with Gasteiger partial charge in [-0.2, -0.15) is 4.91 Å². The smallest absolute Gasteiger partial charge is 0.415 e. The number of ether oxygens (including phenoxy) is 1. The number of anilines is 1. The predicted molar refractivity (Wildman–Crippen MR) is 117 cm³/mol. The summed E-state index contributed by atoms with van der Waals surface area (Å²) in [5.41, 5.74) is 5.38. The summed E-state index contributed by atoms with van der Waals surface area (Å²) in [4.78, 5) is 34.5. The quantitative estimate of drug-likeness (QED) is 0.534. The number of carbonyl (C=O) groups excluding carboxylic acids is 1. The number of amides is 1.